The van der Waals surface area contributed by atoms with Crippen molar-refractivity contribution in [2.75, 3.05) is 4.72 Å². The zero-order valence-corrected chi connectivity index (χ0v) is 12.5. The molecule has 0 fully saturated rings. The molecule has 2 rings (SSSR count). The lowest BCUT2D eigenvalue weighted by Crippen LogP contribution is -2.15. The van der Waals surface area contributed by atoms with E-state index in [2.05, 4.69) is 4.72 Å². The van der Waals surface area contributed by atoms with Gasteiger partial charge in [-0.05, 0) is 43.2 Å². The van der Waals surface area contributed by atoms with Gasteiger partial charge in [-0.3, -0.25) is 4.72 Å². The van der Waals surface area contributed by atoms with E-state index >= 15 is 0 Å². The Morgan fingerprint density at radius 2 is 1.81 bits per heavy atom. The summed E-state index contributed by atoms with van der Waals surface area (Å²) in [6.45, 7) is 2.69. The van der Waals surface area contributed by atoms with E-state index in [1.165, 1.54) is 13.0 Å². The van der Waals surface area contributed by atoms with Gasteiger partial charge in [0.05, 0.1) is 17.2 Å². The maximum Gasteiger partial charge on any atom is 0.261 e. The van der Waals surface area contributed by atoms with Crippen molar-refractivity contribution >= 4 is 15.7 Å². The first-order chi connectivity index (χ1) is 9.85. The summed E-state index contributed by atoms with van der Waals surface area (Å²) in [5.41, 5.74) is 1.37. The van der Waals surface area contributed by atoms with Crippen molar-refractivity contribution in [2.24, 2.45) is 0 Å². The summed E-state index contributed by atoms with van der Waals surface area (Å²) in [6.07, 6.45) is 0. The van der Waals surface area contributed by atoms with Crippen molar-refractivity contribution in [1.82, 2.24) is 0 Å². The monoisotopic (exact) mass is 309 g/mol. The maximum atomic E-state index is 13.7. The topological polar surface area (TPSA) is 66.4 Å². The van der Waals surface area contributed by atoms with E-state index in [1.807, 2.05) is 0 Å². The molecule has 0 bridgehead atoms. The van der Waals surface area contributed by atoms with Crippen LogP contribution < -0.4 is 4.72 Å². The predicted octanol–water partition coefficient (Wildman–Crippen LogP) is 2.74. The standard InChI is InChI=1S/C15H16FNO3S/c1-10-5-3-4-6-14(10)17-21(19,20)13-7-11(2)15(16)12(8-13)9-18/h3-8,17-18H,9H2,1-2H3. The second-order valence-corrected chi connectivity index (χ2v) is 6.47. The van der Waals surface area contributed by atoms with Gasteiger partial charge in [0, 0.05) is 5.56 Å². The first-order valence-corrected chi connectivity index (χ1v) is 7.82. The van der Waals surface area contributed by atoms with Crippen molar-refractivity contribution in [2.45, 2.75) is 25.3 Å². The molecule has 0 aliphatic carbocycles. The van der Waals surface area contributed by atoms with Gasteiger partial charge in [0.25, 0.3) is 10.0 Å². The molecule has 112 valence electrons. The van der Waals surface area contributed by atoms with Crippen LogP contribution in [0, 0.1) is 19.7 Å². The molecule has 2 aromatic carbocycles. The number of hydrogen-bond donors (Lipinski definition) is 2. The Labute approximate surface area is 123 Å². The molecule has 0 radical (unpaired) electrons. The quantitative estimate of drug-likeness (QED) is 0.912. The summed E-state index contributed by atoms with van der Waals surface area (Å²) in [5, 5.41) is 9.11. The number of para-hydroxylation sites is 1. The Balaban J connectivity index is 2.45. The fourth-order valence-electron chi connectivity index (χ4n) is 1.97. The average Bonchev–Trinajstić information content (AvgIpc) is 2.44. The number of hydrogen-bond acceptors (Lipinski definition) is 3. The highest BCUT2D eigenvalue weighted by molar-refractivity contribution is 7.92. The molecular weight excluding hydrogens is 293 g/mol. The smallest absolute Gasteiger partial charge is 0.261 e. The van der Waals surface area contributed by atoms with Crippen LogP contribution in [0.2, 0.25) is 0 Å². The molecule has 4 nitrogen and oxygen atoms in total. The first kappa shape index (κ1) is 15.5. The minimum Gasteiger partial charge on any atom is -0.392 e. The molecule has 0 saturated carbocycles. The molecule has 6 heteroatoms. The van der Waals surface area contributed by atoms with Crippen LogP contribution >= 0.6 is 0 Å². The number of aryl methyl sites for hydroxylation is 2. The lowest BCUT2D eigenvalue weighted by molar-refractivity contribution is 0.275. The van der Waals surface area contributed by atoms with Crippen LogP contribution in [0.4, 0.5) is 10.1 Å². The van der Waals surface area contributed by atoms with Crippen LogP contribution in [0.15, 0.2) is 41.3 Å². The fraction of sp³-hybridized carbons (Fsp3) is 0.200. The van der Waals surface area contributed by atoms with Crippen LogP contribution in [0.3, 0.4) is 0 Å². The van der Waals surface area contributed by atoms with E-state index in [1.54, 1.807) is 31.2 Å². The van der Waals surface area contributed by atoms with Crippen molar-refractivity contribution in [3.05, 3.63) is 58.9 Å². The number of aliphatic hydroxyl groups is 1. The molecule has 0 aromatic heterocycles. The summed E-state index contributed by atoms with van der Waals surface area (Å²) in [7, 11) is -3.84. The molecule has 0 spiro atoms. The summed E-state index contributed by atoms with van der Waals surface area (Å²) in [5.74, 6) is -0.590. The zero-order valence-electron chi connectivity index (χ0n) is 11.7. The summed E-state index contributed by atoms with van der Waals surface area (Å²) in [6, 6.07) is 9.35. The molecule has 0 aliphatic heterocycles. The number of aliphatic hydroxyl groups excluding tert-OH is 1. The second kappa shape index (κ2) is 5.83. The number of nitrogens with one attached hydrogen (secondary N) is 1. The van der Waals surface area contributed by atoms with E-state index < -0.39 is 22.4 Å². The van der Waals surface area contributed by atoms with Gasteiger partial charge in [0.15, 0.2) is 0 Å². The third kappa shape index (κ3) is 3.22. The molecule has 2 N–H and O–H groups in total. The van der Waals surface area contributed by atoms with Gasteiger partial charge in [-0.25, -0.2) is 12.8 Å². The normalized spacial score (nSPS) is 11.4. The lowest BCUT2D eigenvalue weighted by atomic mass is 10.1. The number of benzene rings is 2. The van der Waals surface area contributed by atoms with Gasteiger partial charge in [-0.1, -0.05) is 18.2 Å². The number of halogens is 1. The van der Waals surface area contributed by atoms with E-state index in [9.17, 15) is 12.8 Å². The third-order valence-electron chi connectivity index (χ3n) is 3.17. The highest BCUT2D eigenvalue weighted by atomic mass is 32.2. The lowest BCUT2D eigenvalue weighted by Gasteiger charge is -2.12. The van der Waals surface area contributed by atoms with Crippen molar-refractivity contribution in [3.63, 3.8) is 0 Å². The zero-order chi connectivity index (χ0) is 15.6. The van der Waals surface area contributed by atoms with Gasteiger partial charge >= 0.3 is 0 Å². The van der Waals surface area contributed by atoms with Gasteiger partial charge < -0.3 is 5.11 Å². The Morgan fingerprint density at radius 1 is 1.14 bits per heavy atom. The van der Waals surface area contributed by atoms with Crippen LogP contribution in [0.5, 0.6) is 0 Å². The molecule has 0 amide bonds. The minimum atomic E-state index is -3.84. The first-order valence-electron chi connectivity index (χ1n) is 6.33. The largest absolute Gasteiger partial charge is 0.392 e. The van der Waals surface area contributed by atoms with E-state index in [-0.39, 0.29) is 16.0 Å². The Kier molecular flexibility index (Phi) is 4.29. The highest BCUT2D eigenvalue weighted by Crippen LogP contribution is 2.23. The van der Waals surface area contributed by atoms with Crippen LogP contribution in [0.25, 0.3) is 0 Å². The van der Waals surface area contributed by atoms with Crippen LogP contribution in [0.1, 0.15) is 16.7 Å². The highest BCUT2D eigenvalue weighted by Gasteiger charge is 2.18. The van der Waals surface area contributed by atoms with E-state index in [0.29, 0.717) is 5.69 Å². The Hall–Kier alpha value is -1.92. The molecule has 0 atom stereocenters. The molecule has 0 heterocycles. The summed E-state index contributed by atoms with van der Waals surface area (Å²) in [4.78, 5) is -0.0753. The predicted molar refractivity (Wildman–Crippen MR) is 79.0 cm³/mol. The van der Waals surface area contributed by atoms with Crippen molar-refractivity contribution < 1.29 is 17.9 Å². The van der Waals surface area contributed by atoms with Crippen LogP contribution in [-0.2, 0) is 16.6 Å². The van der Waals surface area contributed by atoms with Gasteiger partial charge in [-0.15, -0.1) is 0 Å². The number of anilines is 1. The summed E-state index contributed by atoms with van der Waals surface area (Å²) < 4.78 is 40.9. The second-order valence-electron chi connectivity index (χ2n) is 4.79. The minimum absolute atomic E-state index is 0.0415. The number of sulfonamides is 1. The number of rotatable bonds is 4. The van der Waals surface area contributed by atoms with E-state index in [0.717, 1.165) is 11.6 Å². The van der Waals surface area contributed by atoms with E-state index in [4.69, 9.17) is 5.11 Å². The fourth-order valence-corrected chi connectivity index (χ4v) is 3.23. The SMILES string of the molecule is Cc1ccccc1NS(=O)(=O)c1cc(C)c(F)c(CO)c1. The molecule has 0 aliphatic rings. The van der Waals surface area contributed by atoms with Gasteiger partial charge in [-0.2, -0.15) is 0 Å². The summed E-state index contributed by atoms with van der Waals surface area (Å²) >= 11 is 0. The maximum absolute atomic E-state index is 13.7. The molecule has 2 aromatic rings. The third-order valence-corrected chi connectivity index (χ3v) is 4.52. The molecule has 21 heavy (non-hydrogen) atoms. The van der Waals surface area contributed by atoms with Gasteiger partial charge in [0.2, 0.25) is 0 Å². The van der Waals surface area contributed by atoms with Crippen LogP contribution in [-0.4, -0.2) is 13.5 Å². The Morgan fingerprint density at radius 3 is 2.43 bits per heavy atom. The molecule has 0 unspecified atom stereocenters. The Bertz CT molecular complexity index is 772. The van der Waals surface area contributed by atoms with Crippen molar-refractivity contribution in [1.29, 1.82) is 0 Å². The average molecular weight is 309 g/mol. The molecular formula is C15H16FNO3S. The van der Waals surface area contributed by atoms with Crippen molar-refractivity contribution in [3.8, 4) is 0 Å². The van der Waals surface area contributed by atoms with Gasteiger partial charge in [0.1, 0.15) is 5.82 Å². The molecule has 0 saturated heterocycles.